The molecule has 0 aromatic heterocycles. The lowest BCUT2D eigenvalue weighted by atomic mass is 9.86. The molecule has 2 aromatic carbocycles. The summed E-state index contributed by atoms with van der Waals surface area (Å²) in [6.45, 7) is 1.04. The topological polar surface area (TPSA) is 51.2 Å². The van der Waals surface area contributed by atoms with Gasteiger partial charge in [-0.2, -0.15) is 0 Å². The molecule has 0 fully saturated rings. The van der Waals surface area contributed by atoms with Crippen molar-refractivity contribution >= 4 is 17.5 Å². The van der Waals surface area contributed by atoms with Gasteiger partial charge in [-0.05, 0) is 43.9 Å². The maximum absolute atomic E-state index is 15.0. The Kier molecular flexibility index (Phi) is 6.73. The van der Waals surface area contributed by atoms with E-state index in [4.69, 9.17) is 25.8 Å². The van der Waals surface area contributed by atoms with Gasteiger partial charge in [0.15, 0.2) is 11.5 Å². The molecule has 0 saturated carbocycles. The molecule has 162 valence electrons. The fourth-order valence-electron chi connectivity index (χ4n) is 3.85. The molecule has 0 saturated heterocycles. The maximum Gasteiger partial charge on any atom is 0.227 e. The first-order valence-electron chi connectivity index (χ1n) is 9.53. The summed E-state index contributed by atoms with van der Waals surface area (Å²) in [6, 6.07) is 5.40. The summed E-state index contributed by atoms with van der Waals surface area (Å²) >= 11 is 6.20. The molecule has 1 aliphatic heterocycles. The lowest BCUT2D eigenvalue weighted by molar-refractivity contribution is -0.133. The second-order valence-corrected chi connectivity index (χ2v) is 7.79. The molecule has 30 heavy (non-hydrogen) atoms. The Morgan fingerprint density at radius 2 is 1.83 bits per heavy atom. The summed E-state index contributed by atoms with van der Waals surface area (Å²) in [7, 11) is 8.40. The van der Waals surface area contributed by atoms with Crippen molar-refractivity contribution < 1.29 is 23.4 Å². The fourth-order valence-corrected chi connectivity index (χ4v) is 4.03. The molecule has 3 rings (SSSR count). The van der Waals surface area contributed by atoms with Crippen LogP contribution in [0.3, 0.4) is 0 Å². The van der Waals surface area contributed by atoms with Gasteiger partial charge < -0.3 is 24.0 Å². The van der Waals surface area contributed by atoms with E-state index in [1.807, 2.05) is 19.0 Å². The molecule has 6 nitrogen and oxygen atoms in total. The average molecular weight is 437 g/mol. The van der Waals surface area contributed by atoms with Crippen LogP contribution in [-0.2, 0) is 11.2 Å². The van der Waals surface area contributed by atoms with Gasteiger partial charge in [0.05, 0.1) is 33.8 Å². The van der Waals surface area contributed by atoms with Crippen LogP contribution in [0, 0.1) is 5.82 Å². The Balaban J connectivity index is 2.30. The van der Waals surface area contributed by atoms with Gasteiger partial charge in [-0.15, -0.1) is 0 Å². The van der Waals surface area contributed by atoms with E-state index in [1.165, 1.54) is 33.5 Å². The smallest absolute Gasteiger partial charge is 0.227 e. The zero-order valence-electron chi connectivity index (χ0n) is 17.8. The molecule has 1 aliphatic rings. The Morgan fingerprint density at radius 1 is 1.13 bits per heavy atom. The van der Waals surface area contributed by atoms with Crippen LogP contribution in [0.25, 0.3) is 0 Å². The number of halogens is 2. The van der Waals surface area contributed by atoms with Gasteiger partial charge in [0, 0.05) is 29.2 Å². The van der Waals surface area contributed by atoms with E-state index < -0.39 is 11.9 Å². The number of carbonyl (C=O) groups is 1. The molecule has 0 spiro atoms. The number of ether oxygens (including phenoxy) is 3. The Labute approximate surface area is 181 Å². The van der Waals surface area contributed by atoms with Crippen molar-refractivity contribution in [3.05, 3.63) is 51.8 Å². The van der Waals surface area contributed by atoms with Crippen LogP contribution in [0.4, 0.5) is 4.39 Å². The van der Waals surface area contributed by atoms with Crippen molar-refractivity contribution in [1.29, 1.82) is 0 Å². The first-order valence-corrected chi connectivity index (χ1v) is 9.91. The lowest BCUT2D eigenvalue weighted by Gasteiger charge is -2.39. The number of benzene rings is 2. The maximum atomic E-state index is 15.0. The SMILES string of the molecule is COc1cc2c(c(OC)c1OC)C(c1cc(Cl)ccc1F)N(CCN(C)C)C(=O)C2. The number of nitrogens with zero attached hydrogens (tertiary/aromatic N) is 2. The van der Waals surface area contributed by atoms with Crippen molar-refractivity contribution in [3.63, 3.8) is 0 Å². The van der Waals surface area contributed by atoms with Crippen molar-refractivity contribution in [2.75, 3.05) is 48.5 Å². The first-order chi connectivity index (χ1) is 14.3. The fraction of sp³-hybridized carbons (Fsp3) is 0.409. The first kappa shape index (κ1) is 22.2. The van der Waals surface area contributed by atoms with Gasteiger partial charge in [-0.25, -0.2) is 4.39 Å². The monoisotopic (exact) mass is 436 g/mol. The van der Waals surface area contributed by atoms with Crippen LogP contribution < -0.4 is 14.2 Å². The van der Waals surface area contributed by atoms with E-state index in [2.05, 4.69) is 0 Å². The molecule has 1 amide bonds. The van der Waals surface area contributed by atoms with E-state index in [0.717, 1.165) is 0 Å². The van der Waals surface area contributed by atoms with E-state index >= 15 is 4.39 Å². The van der Waals surface area contributed by atoms with Gasteiger partial charge in [-0.1, -0.05) is 11.6 Å². The third-order valence-corrected chi connectivity index (χ3v) is 5.48. The molecule has 2 aromatic rings. The largest absolute Gasteiger partial charge is 0.493 e. The number of likely N-dealkylation sites (N-methyl/N-ethyl adjacent to an activating group) is 1. The Morgan fingerprint density at radius 3 is 2.43 bits per heavy atom. The van der Waals surface area contributed by atoms with Crippen molar-refractivity contribution in [3.8, 4) is 17.2 Å². The minimum absolute atomic E-state index is 0.108. The second kappa shape index (κ2) is 9.10. The molecular weight excluding hydrogens is 411 g/mol. The van der Waals surface area contributed by atoms with Gasteiger partial charge in [-0.3, -0.25) is 4.79 Å². The third kappa shape index (κ3) is 4.04. The van der Waals surface area contributed by atoms with Gasteiger partial charge in [0.1, 0.15) is 5.82 Å². The number of carbonyl (C=O) groups excluding carboxylic acids is 1. The molecule has 1 unspecified atom stereocenters. The predicted molar refractivity (Wildman–Crippen MR) is 113 cm³/mol. The number of fused-ring (bicyclic) bond motifs is 1. The summed E-state index contributed by atoms with van der Waals surface area (Å²) in [6.07, 6.45) is 0.151. The van der Waals surface area contributed by atoms with E-state index in [1.54, 1.807) is 17.0 Å². The molecular formula is C22H26ClFN2O4. The highest BCUT2D eigenvalue weighted by atomic mass is 35.5. The summed E-state index contributed by atoms with van der Waals surface area (Å²) in [5.74, 6) is 0.708. The number of hydrogen-bond donors (Lipinski definition) is 0. The highest BCUT2D eigenvalue weighted by molar-refractivity contribution is 6.30. The van der Waals surface area contributed by atoms with E-state index in [0.29, 0.717) is 52.1 Å². The van der Waals surface area contributed by atoms with Gasteiger partial charge >= 0.3 is 0 Å². The molecule has 8 heteroatoms. The summed E-state index contributed by atoms with van der Waals surface area (Å²) in [5.41, 5.74) is 1.69. The molecule has 0 radical (unpaired) electrons. The van der Waals surface area contributed by atoms with Crippen LogP contribution >= 0.6 is 11.6 Å². The highest BCUT2D eigenvalue weighted by Crippen LogP contribution is 2.50. The number of hydrogen-bond acceptors (Lipinski definition) is 5. The number of methoxy groups -OCH3 is 3. The van der Waals surface area contributed by atoms with Crippen molar-refractivity contribution in [1.82, 2.24) is 9.80 Å². The quantitative estimate of drug-likeness (QED) is 0.664. The minimum atomic E-state index is -0.713. The van der Waals surface area contributed by atoms with Crippen LogP contribution in [-0.4, -0.2) is 64.2 Å². The minimum Gasteiger partial charge on any atom is -0.493 e. The van der Waals surface area contributed by atoms with E-state index in [9.17, 15) is 4.79 Å². The van der Waals surface area contributed by atoms with Crippen molar-refractivity contribution in [2.24, 2.45) is 0 Å². The normalized spacial score (nSPS) is 15.9. The zero-order chi connectivity index (χ0) is 22.0. The number of rotatable bonds is 7. The second-order valence-electron chi connectivity index (χ2n) is 7.35. The summed E-state index contributed by atoms with van der Waals surface area (Å²) < 4.78 is 31.7. The van der Waals surface area contributed by atoms with Crippen molar-refractivity contribution in [2.45, 2.75) is 12.5 Å². The molecule has 1 atom stereocenters. The van der Waals surface area contributed by atoms with Crippen LogP contribution in [0.2, 0.25) is 5.02 Å². The van der Waals surface area contributed by atoms with Gasteiger partial charge in [0.25, 0.3) is 0 Å². The zero-order valence-corrected chi connectivity index (χ0v) is 18.5. The number of amides is 1. The van der Waals surface area contributed by atoms with Gasteiger partial charge in [0.2, 0.25) is 11.7 Å². The van der Waals surface area contributed by atoms with E-state index in [-0.39, 0.29) is 12.3 Å². The molecule has 0 bridgehead atoms. The molecule has 0 aliphatic carbocycles. The Bertz CT molecular complexity index is 951. The molecule has 1 heterocycles. The highest BCUT2D eigenvalue weighted by Gasteiger charge is 2.39. The Hall–Kier alpha value is -2.51. The van der Waals surface area contributed by atoms with Crippen LogP contribution in [0.1, 0.15) is 22.7 Å². The molecule has 0 N–H and O–H groups in total. The van der Waals surface area contributed by atoms with Crippen LogP contribution in [0.5, 0.6) is 17.2 Å². The lowest BCUT2D eigenvalue weighted by Crippen LogP contribution is -2.44. The van der Waals surface area contributed by atoms with Crippen LogP contribution in [0.15, 0.2) is 24.3 Å². The average Bonchev–Trinajstić information content (AvgIpc) is 2.72. The summed E-state index contributed by atoms with van der Waals surface area (Å²) in [4.78, 5) is 16.8. The standard InChI is InChI=1S/C22H26ClFN2O4/c1-25(2)8-9-26-18(27)11-13-10-17(28-3)21(29-4)22(30-5)19(13)20(26)15-12-14(23)6-7-16(15)24/h6-7,10,12,20H,8-9,11H2,1-5H3. The summed E-state index contributed by atoms with van der Waals surface area (Å²) in [5, 5.41) is 0.387. The predicted octanol–water partition coefficient (Wildman–Crippen LogP) is 3.54. The third-order valence-electron chi connectivity index (χ3n) is 5.24.